The van der Waals surface area contributed by atoms with Gasteiger partial charge in [0.1, 0.15) is 11.5 Å². The molecule has 23 heavy (non-hydrogen) atoms. The predicted octanol–water partition coefficient (Wildman–Crippen LogP) is 4.13. The topological polar surface area (TPSA) is 44.5 Å². The van der Waals surface area contributed by atoms with Gasteiger partial charge in [-0.25, -0.2) is 0 Å². The summed E-state index contributed by atoms with van der Waals surface area (Å²) in [6.07, 6.45) is 0.898. The standard InChI is InChI=1S/C20H27NO2/c1-14-11-15(2)20(16(3)12-14)23-10-9-18(13-21)17-5-7-19(22-4)8-6-17/h5-8,11-12,18H,9-10,13,21H2,1-4H3. The van der Waals surface area contributed by atoms with Crippen molar-refractivity contribution in [1.82, 2.24) is 0 Å². The number of aryl methyl sites for hydroxylation is 3. The van der Waals surface area contributed by atoms with Gasteiger partial charge in [-0.15, -0.1) is 0 Å². The van der Waals surface area contributed by atoms with Gasteiger partial charge in [-0.05, 0) is 68.5 Å². The first kappa shape index (κ1) is 17.4. The summed E-state index contributed by atoms with van der Waals surface area (Å²) in [6.45, 7) is 7.58. The Morgan fingerprint density at radius 3 is 2.13 bits per heavy atom. The van der Waals surface area contributed by atoms with E-state index in [0.29, 0.717) is 19.1 Å². The lowest BCUT2D eigenvalue weighted by Gasteiger charge is -2.18. The van der Waals surface area contributed by atoms with Crippen LogP contribution in [0.1, 0.15) is 34.6 Å². The minimum atomic E-state index is 0.298. The number of benzene rings is 2. The summed E-state index contributed by atoms with van der Waals surface area (Å²) in [7, 11) is 1.68. The van der Waals surface area contributed by atoms with Crippen LogP contribution in [0.2, 0.25) is 0 Å². The molecular weight excluding hydrogens is 286 g/mol. The lowest BCUT2D eigenvalue weighted by molar-refractivity contribution is 0.294. The fourth-order valence-corrected chi connectivity index (χ4v) is 2.99. The highest BCUT2D eigenvalue weighted by atomic mass is 16.5. The Labute approximate surface area is 139 Å². The molecule has 0 amide bonds. The Bertz CT molecular complexity index is 612. The second kappa shape index (κ2) is 8.02. The molecule has 2 rings (SSSR count). The lowest BCUT2D eigenvalue weighted by atomic mass is 9.96. The van der Waals surface area contributed by atoms with Gasteiger partial charge in [0.2, 0.25) is 0 Å². The molecule has 2 aromatic rings. The minimum absolute atomic E-state index is 0.298. The van der Waals surface area contributed by atoms with E-state index in [4.69, 9.17) is 15.2 Å². The number of methoxy groups -OCH3 is 1. The molecule has 0 saturated heterocycles. The molecule has 0 bridgehead atoms. The number of hydrogen-bond acceptors (Lipinski definition) is 3. The second-order valence-electron chi connectivity index (χ2n) is 6.07. The third kappa shape index (κ3) is 4.49. The molecule has 0 aromatic heterocycles. The van der Waals surface area contributed by atoms with E-state index in [1.54, 1.807) is 7.11 Å². The van der Waals surface area contributed by atoms with E-state index < -0.39 is 0 Å². The van der Waals surface area contributed by atoms with Crippen molar-refractivity contribution < 1.29 is 9.47 Å². The quantitative estimate of drug-likeness (QED) is 0.836. The van der Waals surface area contributed by atoms with Crippen LogP contribution < -0.4 is 15.2 Å². The normalized spacial score (nSPS) is 12.0. The molecule has 124 valence electrons. The summed E-state index contributed by atoms with van der Waals surface area (Å²) in [5.74, 6) is 2.17. The van der Waals surface area contributed by atoms with Crippen molar-refractivity contribution in [2.45, 2.75) is 33.1 Å². The van der Waals surface area contributed by atoms with Crippen LogP contribution in [0.25, 0.3) is 0 Å². The van der Waals surface area contributed by atoms with E-state index in [0.717, 1.165) is 17.9 Å². The Kier molecular flexibility index (Phi) is 6.05. The Morgan fingerprint density at radius 1 is 1.00 bits per heavy atom. The molecule has 1 unspecified atom stereocenters. The van der Waals surface area contributed by atoms with Crippen LogP contribution in [0, 0.1) is 20.8 Å². The average Bonchev–Trinajstić information content (AvgIpc) is 2.53. The van der Waals surface area contributed by atoms with Gasteiger partial charge in [0.05, 0.1) is 13.7 Å². The number of ether oxygens (including phenoxy) is 2. The van der Waals surface area contributed by atoms with Crippen molar-refractivity contribution in [3.63, 3.8) is 0 Å². The van der Waals surface area contributed by atoms with Crippen molar-refractivity contribution in [2.24, 2.45) is 5.73 Å². The summed E-state index contributed by atoms with van der Waals surface area (Å²) in [6, 6.07) is 12.4. The lowest BCUT2D eigenvalue weighted by Crippen LogP contribution is -2.16. The number of hydrogen-bond donors (Lipinski definition) is 1. The van der Waals surface area contributed by atoms with E-state index in [1.165, 1.54) is 22.3 Å². The molecule has 0 aliphatic heterocycles. The van der Waals surface area contributed by atoms with Gasteiger partial charge in [0.25, 0.3) is 0 Å². The van der Waals surface area contributed by atoms with Crippen molar-refractivity contribution in [1.29, 1.82) is 0 Å². The molecule has 0 fully saturated rings. The predicted molar refractivity (Wildman–Crippen MR) is 95.6 cm³/mol. The Balaban J connectivity index is 1.98. The van der Waals surface area contributed by atoms with Crippen LogP contribution in [-0.4, -0.2) is 20.3 Å². The second-order valence-corrected chi connectivity index (χ2v) is 6.07. The molecule has 3 heteroatoms. The van der Waals surface area contributed by atoms with Gasteiger partial charge in [0.15, 0.2) is 0 Å². The molecule has 1 atom stereocenters. The molecule has 0 saturated carbocycles. The third-order valence-electron chi connectivity index (χ3n) is 4.19. The minimum Gasteiger partial charge on any atom is -0.497 e. The van der Waals surface area contributed by atoms with Crippen LogP contribution in [0.15, 0.2) is 36.4 Å². The van der Waals surface area contributed by atoms with Gasteiger partial charge in [-0.3, -0.25) is 0 Å². The van der Waals surface area contributed by atoms with Crippen molar-refractivity contribution in [3.8, 4) is 11.5 Å². The smallest absolute Gasteiger partial charge is 0.125 e. The van der Waals surface area contributed by atoms with E-state index in [-0.39, 0.29) is 0 Å². The fourth-order valence-electron chi connectivity index (χ4n) is 2.99. The molecule has 3 nitrogen and oxygen atoms in total. The van der Waals surface area contributed by atoms with Crippen molar-refractivity contribution in [2.75, 3.05) is 20.3 Å². The van der Waals surface area contributed by atoms with Crippen LogP contribution in [0.3, 0.4) is 0 Å². The third-order valence-corrected chi connectivity index (χ3v) is 4.19. The number of rotatable bonds is 7. The largest absolute Gasteiger partial charge is 0.497 e. The zero-order chi connectivity index (χ0) is 16.8. The molecule has 2 aromatic carbocycles. The van der Waals surface area contributed by atoms with Gasteiger partial charge in [-0.2, -0.15) is 0 Å². The first-order chi connectivity index (χ1) is 11.0. The maximum absolute atomic E-state index is 6.04. The summed E-state index contributed by atoms with van der Waals surface area (Å²) in [4.78, 5) is 0. The highest BCUT2D eigenvalue weighted by Gasteiger charge is 2.11. The average molecular weight is 313 g/mol. The zero-order valence-corrected chi connectivity index (χ0v) is 14.6. The SMILES string of the molecule is COc1ccc(C(CN)CCOc2c(C)cc(C)cc2C)cc1. The fraction of sp³-hybridized carbons (Fsp3) is 0.400. The first-order valence-corrected chi connectivity index (χ1v) is 8.09. The van der Waals surface area contributed by atoms with Crippen LogP contribution in [0.4, 0.5) is 0 Å². The Hall–Kier alpha value is -2.00. The monoisotopic (exact) mass is 313 g/mol. The molecule has 0 radical (unpaired) electrons. The van der Waals surface area contributed by atoms with Crippen LogP contribution in [-0.2, 0) is 0 Å². The highest BCUT2D eigenvalue weighted by molar-refractivity contribution is 5.43. The van der Waals surface area contributed by atoms with E-state index >= 15 is 0 Å². The van der Waals surface area contributed by atoms with Crippen molar-refractivity contribution in [3.05, 3.63) is 58.7 Å². The van der Waals surface area contributed by atoms with Gasteiger partial charge < -0.3 is 15.2 Å². The summed E-state index contributed by atoms with van der Waals surface area (Å²) in [5, 5.41) is 0. The maximum Gasteiger partial charge on any atom is 0.125 e. The molecule has 2 N–H and O–H groups in total. The summed E-state index contributed by atoms with van der Waals surface area (Å²) in [5.41, 5.74) is 10.8. The zero-order valence-electron chi connectivity index (χ0n) is 14.6. The van der Waals surface area contributed by atoms with Crippen LogP contribution in [0.5, 0.6) is 11.5 Å². The van der Waals surface area contributed by atoms with E-state index in [1.807, 2.05) is 12.1 Å². The molecule has 0 aliphatic carbocycles. The van der Waals surface area contributed by atoms with Crippen molar-refractivity contribution >= 4 is 0 Å². The molecule has 0 spiro atoms. The summed E-state index contributed by atoms with van der Waals surface area (Å²) >= 11 is 0. The van der Waals surface area contributed by atoms with E-state index in [2.05, 4.69) is 45.0 Å². The molecule has 0 heterocycles. The van der Waals surface area contributed by atoms with Crippen LogP contribution >= 0.6 is 0 Å². The van der Waals surface area contributed by atoms with Gasteiger partial charge in [-0.1, -0.05) is 29.8 Å². The molecular formula is C20H27NO2. The highest BCUT2D eigenvalue weighted by Crippen LogP contribution is 2.26. The first-order valence-electron chi connectivity index (χ1n) is 8.09. The van der Waals surface area contributed by atoms with Gasteiger partial charge >= 0.3 is 0 Å². The molecule has 0 aliphatic rings. The summed E-state index contributed by atoms with van der Waals surface area (Å²) < 4.78 is 11.2. The van der Waals surface area contributed by atoms with E-state index in [9.17, 15) is 0 Å². The maximum atomic E-state index is 6.04. The Morgan fingerprint density at radius 2 is 1.61 bits per heavy atom. The number of nitrogens with two attached hydrogens (primary N) is 1. The van der Waals surface area contributed by atoms with Gasteiger partial charge in [0, 0.05) is 0 Å².